The minimum absolute atomic E-state index is 0.660. The van der Waals surface area contributed by atoms with E-state index in [1.807, 2.05) is 18.2 Å². The molecule has 0 fully saturated rings. The Labute approximate surface area is 164 Å². The van der Waals surface area contributed by atoms with E-state index in [1.165, 1.54) is 0 Å². The summed E-state index contributed by atoms with van der Waals surface area (Å²) in [6.45, 7) is 7.03. The molecule has 1 aromatic rings. The Balaban J connectivity index is 2.41. The summed E-state index contributed by atoms with van der Waals surface area (Å²) < 4.78 is 16.2. The van der Waals surface area contributed by atoms with Gasteiger partial charge in [0.1, 0.15) is 0 Å². The summed E-state index contributed by atoms with van der Waals surface area (Å²) >= 11 is 0. The van der Waals surface area contributed by atoms with Crippen LogP contribution < -0.4 is 20.1 Å². The Morgan fingerprint density at radius 3 is 2.59 bits per heavy atom. The zero-order chi connectivity index (χ0) is 19.9. The van der Waals surface area contributed by atoms with E-state index in [0.717, 1.165) is 62.1 Å². The average Bonchev–Trinajstić information content (AvgIpc) is 2.69. The maximum Gasteiger partial charge on any atom is 0.191 e. The number of ether oxygens (including phenoxy) is 3. The van der Waals surface area contributed by atoms with Crippen LogP contribution in [-0.4, -0.2) is 72.0 Å². The van der Waals surface area contributed by atoms with Gasteiger partial charge in [-0.1, -0.05) is 13.0 Å². The summed E-state index contributed by atoms with van der Waals surface area (Å²) in [5.41, 5.74) is 1.11. The second kappa shape index (κ2) is 14.1. The molecule has 0 aliphatic rings. The first kappa shape index (κ1) is 23.0. The number of methoxy groups -OCH3 is 2. The molecule has 0 bridgehead atoms. The van der Waals surface area contributed by atoms with Gasteiger partial charge in [0.15, 0.2) is 17.5 Å². The predicted octanol–water partition coefficient (Wildman–Crippen LogP) is 2.12. The van der Waals surface area contributed by atoms with Gasteiger partial charge in [0.25, 0.3) is 0 Å². The topological polar surface area (TPSA) is 67.4 Å². The first-order valence-corrected chi connectivity index (χ1v) is 9.56. The Morgan fingerprint density at radius 2 is 1.93 bits per heavy atom. The number of benzene rings is 1. The number of nitrogens with zero attached hydrogens (tertiary/aromatic N) is 2. The van der Waals surface area contributed by atoms with Crippen LogP contribution in [0.15, 0.2) is 23.2 Å². The third-order valence-corrected chi connectivity index (χ3v) is 4.05. The van der Waals surface area contributed by atoms with Crippen LogP contribution >= 0.6 is 0 Å². The predicted molar refractivity (Wildman–Crippen MR) is 111 cm³/mol. The van der Waals surface area contributed by atoms with Gasteiger partial charge in [-0.25, -0.2) is 0 Å². The molecule has 0 unspecified atom stereocenters. The van der Waals surface area contributed by atoms with E-state index in [2.05, 4.69) is 34.5 Å². The summed E-state index contributed by atoms with van der Waals surface area (Å²) in [4.78, 5) is 6.55. The van der Waals surface area contributed by atoms with Crippen LogP contribution in [0.3, 0.4) is 0 Å². The first-order valence-electron chi connectivity index (χ1n) is 9.56. The van der Waals surface area contributed by atoms with E-state index in [1.54, 1.807) is 21.3 Å². The highest BCUT2D eigenvalue weighted by molar-refractivity contribution is 5.79. The maximum atomic E-state index is 5.70. The molecule has 0 aromatic heterocycles. The molecule has 7 heteroatoms. The molecule has 27 heavy (non-hydrogen) atoms. The largest absolute Gasteiger partial charge is 0.493 e. The maximum absolute atomic E-state index is 5.70. The quantitative estimate of drug-likeness (QED) is 0.310. The van der Waals surface area contributed by atoms with Crippen molar-refractivity contribution in [2.24, 2.45) is 4.99 Å². The Morgan fingerprint density at radius 1 is 1.11 bits per heavy atom. The summed E-state index contributed by atoms with van der Waals surface area (Å²) in [5, 5.41) is 6.67. The number of aliphatic imine (C=N–C) groups is 1. The number of guanidine groups is 1. The van der Waals surface area contributed by atoms with Crippen LogP contribution in [0.1, 0.15) is 25.3 Å². The standard InChI is InChI=1S/C20H36N4O3/c1-6-13-27-18-9-8-17(15-19(18)26-5)16-23-20(21-2)22-10-12-24(3)11-7-14-25-4/h8-9,15H,6-7,10-14,16H2,1-5H3,(H2,21,22,23). The van der Waals surface area contributed by atoms with Crippen molar-refractivity contribution in [3.8, 4) is 11.5 Å². The zero-order valence-electron chi connectivity index (χ0n) is 17.5. The molecule has 0 atom stereocenters. The van der Waals surface area contributed by atoms with E-state index < -0.39 is 0 Å². The summed E-state index contributed by atoms with van der Waals surface area (Å²) in [6.07, 6.45) is 2.01. The van der Waals surface area contributed by atoms with Crippen LogP contribution in [-0.2, 0) is 11.3 Å². The SMILES string of the molecule is CCCOc1ccc(CNC(=NC)NCCN(C)CCCOC)cc1OC. The molecule has 0 aliphatic heterocycles. The molecule has 0 spiro atoms. The van der Waals surface area contributed by atoms with E-state index in [9.17, 15) is 0 Å². The van der Waals surface area contributed by atoms with Crippen LogP contribution in [0.4, 0.5) is 0 Å². The van der Waals surface area contributed by atoms with Gasteiger partial charge in [-0.15, -0.1) is 0 Å². The van der Waals surface area contributed by atoms with Gasteiger partial charge >= 0.3 is 0 Å². The zero-order valence-corrected chi connectivity index (χ0v) is 17.5. The number of likely N-dealkylation sites (N-methyl/N-ethyl adjacent to an activating group) is 1. The fourth-order valence-corrected chi connectivity index (χ4v) is 2.52. The molecule has 0 aliphatic carbocycles. The Bertz CT molecular complexity index is 552. The molecule has 2 N–H and O–H groups in total. The number of rotatable bonds is 13. The van der Waals surface area contributed by atoms with Gasteiger partial charge in [-0.05, 0) is 37.6 Å². The van der Waals surface area contributed by atoms with Crippen LogP contribution in [0.5, 0.6) is 11.5 Å². The van der Waals surface area contributed by atoms with E-state index in [0.29, 0.717) is 13.2 Å². The molecule has 0 amide bonds. The molecule has 154 valence electrons. The van der Waals surface area contributed by atoms with Gasteiger partial charge in [0.2, 0.25) is 0 Å². The van der Waals surface area contributed by atoms with Crippen molar-refractivity contribution in [3.05, 3.63) is 23.8 Å². The molecule has 7 nitrogen and oxygen atoms in total. The summed E-state index contributed by atoms with van der Waals surface area (Å²) in [7, 11) is 7.29. The van der Waals surface area contributed by atoms with Crippen LogP contribution in [0.2, 0.25) is 0 Å². The molecule has 0 heterocycles. The number of hydrogen-bond donors (Lipinski definition) is 2. The Hall–Kier alpha value is -1.99. The van der Waals surface area contributed by atoms with Crippen molar-refractivity contribution >= 4 is 5.96 Å². The Kier molecular flexibility index (Phi) is 12.1. The number of hydrogen-bond acceptors (Lipinski definition) is 5. The average molecular weight is 381 g/mol. The van der Waals surface area contributed by atoms with E-state index in [4.69, 9.17) is 14.2 Å². The van der Waals surface area contributed by atoms with Crippen molar-refractivity contribution < 1.29 is 14.2 Å². The van der Waals surface area contributed by atoms with Gasteiger partial charge < -0.3 is 29.7 Å². The minimum atomic E-state index is 0.660. The lowest BCUT2D eigenvalue weighted by Crippen LogP contribution is -2.40. The van der Waals surface area contributed by atoms with Crippen molar-refractivity contribution in [2.45, 2.75) is 26.3 Å². The summed E-state index contributed by atoms with van der Waals surface area (Å²) in [5.74, 6) is 2.32. The lowest BCUT2D eigenvalue weighted by Gasteiger charge is -2.18. The van der Waals surface area contributed by atoms with Crippen LogP contribution in [0.25, 0.3) is 0 Å². The monoisotopic (exact) mass is 380 g/mol. The van der Waals surface area contributed by atoms with Crippen LogP contribution in [0, 0.1) is 0 Å². The molecular weight excluding hydrogens is 344 g/mol. The molecule has 0 saturated carbocycles. The van der Waals surface area contributed by atoms with Crippen molar-refractivity contribution in [1.82, 2.24) is 15.5 Å². The molecular formula is C20H36N4O3. The fourth-order valence-electron chi connectivity index (χ4n) is 2.52. The lowest BCUT2D eigenvalue weighted by atomic mass is 10.2. The van der Waals surface area contributed by atoms with Gasteiger partial charge in [-0.2, -0.15) is 0 Å². The molecule has 1 rings (SSSR count). The van der Waals surface area contributed by atoms with Crippen molar-refractivity contribution in [3.63, 3.8) is 0 Å². The molecule has 0 saturated heterocycles. The van der Waals surface area contributed by atoms with E-state index >= 15 is 0 Å². The fraction of sp³-hybridized carbons (Fsp3) is 0.650. The lowest BCUT2D eigenvalue weighted by molar-refractivity contribution is 0.180. The normalized spacial score (nSPS) is 11.6. The third kappa shape index (κ3) is 9.49. The minimum Gasteiger partial charge on any atom is -0.493 e. The highest BCUT2D eigenvalue weighted by Crippen LogP contribution is 2.28. The second-order valence-corrected chi connectivity index (χ2v) is 6.34. The highest BCUT2D eigenvalue weighted by atomic mass is 16.5. The first-order chi connectivity index (χ1) is 13.1. The third-order valence-electron chi connectivity index (χ3n) is 4.05. The molecule has 1 aromatic carbocycles. The summed E-state index contributed by atoms with van der Waals surface area (Å²) in [6, 6.07) is 5.99. The highest BCUT2D eigenvalue weighted by Gasteiger charge is 2.06. The smallest absolute Gasteiger partial charge is 0.191 e. The molecule has 0 radical (unpaired) electrons. The van der Waals surface area contributed by atoms with Gasteiger partial charge in [0, 0.05) is 46.9 Å². The second-order valence-electron chi connectivity index (χ2n) is 6.34. The van der Waals surface area contributed by atoms with Crippen molar-refractivity contribution in [1.29, 1.82) is 0 Å². The van der Waals surface area contributed by atoms with Crippen molar-refractivity contribution in [2.75, 3.05) is 61.2 Å². The number of nitrogens with one attached hydrogen (secondary N) is 2. The van der Waals surface area contributed by atoms with E-state index in [-0.39, 0.29) is 0 Å². The van der Waals surface area contributed by atoms with Gasteiger partial charge in [-0.3, -0.25) is 4.99 Å². The van der Waals surface area contributed by atoms with Gasteiger partial charge in [0.05, 0.1) is 13.7 Å².